The molecule has 98 valence electrons. The van der Waals surface area contributed by atoms with Crippen molar-refractivity contribution in [2.45, 2.75) is 6.92 Å². The van der Waals surface area contributed by atoms with Gasteiger partial charge in [0, 0.05) is 12.5 Å². The average molecular weight is 291 g/mol. The largest absolute Gasteiger partial charge is 0.481 e. The van der Waals surface area contributed by atoms with Gasteiger partial charge in [0.05, 0.1) is 16.3 Å². The Hall–Kier alpha value is -1.79. The van der Waals surface area contributed by atoms with Crippen molar-refractivity contribution in [3.05, 3.63) is 33.8 Å². The number of aliphatic carboxylic acids is 1. The SMILES string of the molecule is CC(=O)O.N=C(N)N/N=C\c1c(Cl)cccc1Cl. The summed E-state index contributed by atoms with van der Waals surface area (Å²) in [5.74, 6) is -1.08. The van der Waals surface area contributed by atoms with E-state index in [1.165, 1.54) is 6.21 Å². The normalized spacial score (nSPS) is 9.50. The lowest BCUT2D eigenvalue weighted by Gasteiger charge is -2.00. The van der Waals surface area contributed by atoms with E-state index in [0.717, 1.165) is 6.92 Å². The first-order valence-electron chi connectivity index (χ1n) is 4.61. The molecule has 8 heteroatoms. The van der Waals surface area contributed by atoms with E-state index >= 15 is 0 Å². The molecule has 0 atom stereocenters. The first-order valence-corrected chi connectivity index (χ1v) is 5.36. The summed E-state index contributed by atoms with van der Waals surface area (Å²) in [7, 11) is 0. The molecule has 6 nitrogen and oxygen atoms in total. The maximum absolute atomic E-state index is 9.00. The zero-order valence-electron chi connectivity index (χ0n) is 9.45. The standard InChI is InChI=1S/C8H8Cl2N4.C2H4O2/c9-6-2-1-3-7(10)5(6)4-13-14-8(11)12;1-2(3)4/h1-4H,(H4,11,12,14);1H3,(H,3,4)/b13-4-;. The number of carboxylic acids is 1. The third-order valence-electron chi connectivity index (χ3n) is 1.38. The number of carboxylic acid groups (broad SMARTS) is 1. The van der Waals surface area contributed by atoms with Gasteiger partial charge in [-0.15, -0.1) is 0 Å². The molecule has 0 saturated carbocycles. The summed E-state index contributed by atoms with van der Waals surface area (Å²) in [5.41, 5.74) is 7.87. The summed E-state index contributed by atoms with van der Waals surface area (Å²) in [6.07, 6.45) is 1.41. The van der Waals surface area contributed by atoms with Crippen molar-refractivity contribution in [1.29, 1.82) is 5.41 Å². The summed E-state index contributed by atoms with van der Waals surface area (Å²) in [6, 6.07) is 5.13. The Morgan fingerprint density at radius 1 is 1.50 bits per heavy atom. The van der Waals surface area contributed by atoms with Crippen molar-refractivity contribution in [2.75, 3.05) is 0 Å². The minimum atomic E-state index is -0.833. The molecule has 1 rings (SSSR count). The molecule has 0 heterocycles. The predicted molar refractivity (Wildman–Crippen MR) is 72.4 cm³/mol. The molecule has 0 spiro atoms. The number of halogens is 2. The average Bonchev–Trinajstić information content (AvgIpc) is 2.21. The quantitative estimate of drug-likeness (QED) is 0.379. The van der Waals surface area contributed by atoms with E-state index in [1.54, 1.807) is 18.2 Å². The van der Waals surface area contributed by atoms with Gasteiger partial charge in [0.25, 0.3) is 5.97 Å². The van der Waals surface area contributed by atoms with Crippen LogP contribution in [0.1, 0.15) is 12.5 Å². The highest BCUT2D eigenvalue weighted by Gasteiger charge is 2.01. The van der Waals surface area contributed by atoms with Crippen LogP contribution in [0.4, 0.5) is 0 Å². The number of hydrazone groups is 1. The molecule has 0 bridgehead atoms. The number of rotatable bonds is 2. The Labute approximate surface area is 114 Å². The van der Waals surface area contributed by atoms with Crippen LogP contribution in [0, 0.1) is 5.41 Å². The van der Waals surface area contributed by atoms with E-state index in [1.807, 2.05) is 0 Å². The number of nitrogens with zero attached hydrogens (tertiary/aromatic N) is 1. The topological polar surface area (TPSA) is 112 Å². The molecule has 18 heavy (non-hydrogen) atoms. The third-order valence-corrected chi connectivity index (χ3v) is 2.04. The van der Waals surface area contributed by atoms with Gasteiger partial charge in [-0.3, -0.25) is 10.2 Å². The highest BCUT2D eigenvalue weighted by atomic mass is 35.5. The van der Waals surface area contributed by atoms with Crippen LogP contribution in [0.2, 0.25) is 10.0 Å². The van der Waals surface area contributed by atoms with Gasteiger partial charge in [-0.2, -0.15) is 5.10 Å². The second kappa shape index (κ2) is 8.32. The van der Waals surface area contributed by atoms with E-state index in [9.17, 15) is 0 Å². The lowest BCUT2D eigenvalue weighted by molar-refractivity contribution is -0.134. The molecule has 1 aromatic rings. The number of hydrogen-bond donors (Lipinski definition) is 4. The molecule has 0 aliphatic carbocycles. The molecule has 1 aromatic carbocycles. The minimum Gasteiger partial charge on any atom is -0.481 e. The van der Waals surface area contributed by atoms with Crippen LogP contribution in [0.25, 0.3) is 0 Å². The van der Waals surface area contributed by atoms with E-state index in [0.29, 0.717) is 15.6 Å². The third kappa shape index (κ3) is 7.48. The Kier molecular flexibility index (Phi) is 7.50. The van der Waals surface area contributed by atoms with Crippen LogP contribution in [0.5, 0.6) is 0 Å². The van der Waals surface area contributed by atoms with Gasteiger partial charge in [-0.1, -0.05) is 29.3 Å². The molecule has 0 fully saturated rings. The Balaban J connectivity index is 0.000000631. The molecular weight excluding hydrogens is 279 g/mol. The monoisotopic (exact) mass is 290 g/mol. The molecule has 5 N–H and O–H groups in total. The summed E-state index contributed by atoms with van der Waals surface area (Å²) in [5, 5.41) is 18.9. The fourth-order valence-electron chi connectivity index (χ4n) is 0.800. The first-order chi connectivity index (χ1) is 8.34. The molecule has 0 aliphatic rings. The van der Waals surface area contributed by atoms with Crippen molar-refractivity contribution < 1.29 is 9.90 Å². The highest BCUT2D eigenvalue weighted by Crippen LogP contribution is 2.21. The number of benzene rings is 1. The summed E-state index contributed by atoms with van der Waals surface area (Å²) in [4.78, 5) is 9.00. The molecule has 0 saturated heterocycles. The van der Waals surface area contributed by atoms with Crippen molar-refractivity contribution >= 4 is 41.3 Å². The number of carbonyl (C=O) groups is 1. The van der Waals surface area contributed by atoms with E-state index in [-0.39, 0.29) is 5.96 Å². The number of nitrogens with one attached hydrogen (secondary N) is 2. The van der Waals surface area contributed by atoms with Crippen molar-refractivity contribution in [1.82, 2.24) is 5.43 Å². The smallest absolute Gasteiger partial charge is 0.300 e. The van der Waals surface area contributed by atoms with Crippen molar-refractivity contribution in [2.24, 2.45) is 10.8 Å². The van der Waals surface area contributed by atoms with E-state index in [4.69, 9.17) is 44.2 Å². The molecule has 0 amide bonds. The van der Waals surface area contributed by atoms with E-state index < -0.39 is 5.97 Å². The van der Waals surface area contributed by atoms with Gasteiger partial charge in [-0.05, 0) is 12.1 Å². The molecule has 0 radical (unpaired) electrons. The maximum Gasteiger partial charge on any atom is 0.300 e. The summed E-state index contributed by atoms with van der Waals surface area (Å²) >= 11 is 11.7. The van der Waals surface area contributed by atoms with Crippen LogP contribution in [0.3, 0.4) is 0 Å². The van der Waals surface area contributed by atoms with E-state index in [2.05, 4.69) is 10.5 Å². The summed E-state index contributed by atoms with van der Waals surface area (Å²) < 4.78 is 0. The Morgan fingerprint density at radius 2 is 1.94 bits per heavy atom. The van der Waals surface area contributed by atoms with Gasteiger partial charge in [-0.25, -0.2) is 5.43 Å². The zero-order valence-corrected chi connectivity index (χ0v) is 11.0. The van der Waals surface area contributed by atoms with Crippen molar-refractivity contribution in [3.63, 3.8) is 0 Å². The number of guanidine groups is 1. The van der Waals surface area contributed by atoms with Crippen LogP contribution in [0.15, 0.2) is 23.3 Å². The van der Waals surface area contributed by atoms with Gasteiger partial charge >= 0.3 is 0 Å². The Bertz CT molecular complexity index is 439. The lowest BCUT2D eigenvalue weighted by Crippen LogP contribution is -2.25. The molecular formula is C10H12Cl2N4O2. The second-order valence-corrected chi connectivity index (χ2v) is 3.75. The Morgan fingerprint density at radius 3 is 2.33 bits per heavy atom. The number of hydrogen-bond acceptors (Lipinski definition) is 3. The van der Waals surface area contributed by atoms with Gasteiger partial charge in [0.1, 0.15) is 0 Å². The van der Waals surface area contributed by atoms with Gasteiger partial charge < -0.3 is 10.8 Å². The van der Waals surface area contributed by atoms with Gasteiger partial charge in [0.2, 0.25) is 5.96 Å². The highest BCUT2D eigenvalue weighted by molar-refractivity contribution is 6.38. The van der Waals surface area contributed by atoms with Crippen molar-refractivity contribution in [3.8, 4) is 0 Å². The van der Waals surface area contributed by atoms with Gasteiger partial charge in [0.15, 0.2) is 0 Å². The molecule has 0 aliphatic heterocycles. The minimum absolute atomic E-state index is 0.246. The number of nitrogens with two attached hydrogens (primary N) is 1. The second-order valence-electron chi connectivity index (χ2n) is 2.94. The maximum atomic E-state index is 9.00. The fraction of sp³-hybridized carbons (Fsp3) is 0.100. The zero-order chi connectivity index (χ0) is 14.1. The molecule has 0 unspecified atom stereocenters. The lowest BCUT2D eigenvalue weighted by atomic mass is 10.2. The van der Waals surface area contributed by atoms with Crippen LogP contribution in [-0.4, -0.2) is 23.2 Å². The van der Waals surface area contributed by atoms with Crippen LogP contribution >= 0.6 is 23.2 Å². The van der Waals surface area contributed by atoms with Crippen LogP contribution < -0.4 is 11.2 Å². The first kappa shape index (κ1) is 16.2. The molecule has 0 aromatic heterocycles. The summed E-state index contributed by atoms with van der Waals surface area (Å²) in [6.45, 7) is 1.08. The van der Waals surface area contributed by atoms with Crippen LogP contribution in [-0.2, 0) is 4.79 Å². The fourth-order valence-corrected chi connectivity index (χ4v) is 1.30. The predicted octanol–water partition coefficient (Wildman–Crippen LogP) is 1.90.